The Morgan fingerprint density at radius 2 is 1.70 bits per heavy atom. The molecule has 2 aromatic carbocycles. The van der Waals surface area contributed by atoms with Crippen LogP contribution in [0.4, 0.5) is 0 Å². The third kappa shape index (κ3) is 3.67. The standard InChI is InChI=1S/C22H25N3O2/c26-16-15-24-11-13-25(14-12-24)21(18-5-2-1-3-6-18)19-9-8-17-7-4-10-23-20(17)22(19)27/h1-10,21,26-27H,11-16H2/p+2/t21-/m1/s1. The van der Waals surface area contributed by atoms with Crippen molar-refractivity contribution in [2.45, 2.75) is 6.04 Å². The van der Waals surface area contributed by atoms with Gasteiger partial charge in [0, 0.05) is 17.1 Å². The number of phenolic OH excluding ortho intramolecular Hbond substituents is 1. The van der Waals surface area contributed by atoms with E-state index >= 15 is 0 Å². The first-order valence-electron chi connectivity index (χ1n) is 9.68. The van der Waals surface area contributed by atoms with Gasteiger partial charge >= 0.3 is 0 Å². The summed E-state index contributed by atoms with van der Waals surface area (Å²) in [5.41, 5.74) is 2.82. The normalized spacial score (nSPS) is 21.2. The van der Waals surface area contributed by atoms with Gasteiger partial charge in [0.1, 0.15) is 44.3 Å². The molecule has 1 fully saturated rings. The number of nitrogens with one attached hydrogen (secondary N) is 2. The smallest absolute Gasteiger partial charge is 0.151 e. The summed E-state index contributed by atoms with van der Waals surface area (Å²) in [5, 5.41) is 21.2. The summed E-state index contributed by atoms with van der Waals surface area (Å²) in [6.45, 7) is 5.14. The number of aliphatic hydroxyl groups is 1. The highest BCUT2D eigenvalue weighted by Gasteiger charge is 2.33. The van der Waals surface area contributed by atoms with E-state index in [-0.39, 0.29) is 12.6 Å². The topological polar surface area (TPSA) is 62.2 Å². The molecule has 2 heterocycles. The van der Waals surface area contributed by atoms with Crippen LogP contribution >= 0.6 is 0 Å². The van der Waals surface area contributed by atoms with Crippen LogP contribution in [0, 0.1) is 0 Å². The Morgan fingerprint density at radius 3 is 2.44 bits per heavy atom. The number of aromatic hydroxyl groups is 1. The fourth-order valence-electron chi connectivity index (χ4n) is 4.28. The highest BCUT2D eigenvalue weighted by atomic mass is 16.3. The van der Waals surface area contributed by atoms with Crippen LogP contribution in [-0.4, -0.2) is 54.5 Å². The van der Waals surface area contributed by atoms with Gasteiger partial charge in [-0.15, -0.1) is 0 Å². The number of hydrogen-bond acceptors (Lipinski definition) is 3. The van der Waals surface area contributed by atoms with Crippen molar-refractivity contribution in [3.05, 3.63) is 71.9 Å². The van der Waals surface area contributed by atoms with Crippen molar-refractivity contribution in [1.82, 2.24) is 4.98 Å². The minimum Gasteiger partial charge on any atom is -0.505 e. The lowest BCUT2D eigenvalue weighted by Crippen LogP contribution is -3.28. The van der Waals surface area contributed by atoms with E-state index in [0.29, 0.717) is 11.3 Å². The van der Waals surface area contributed by atoms with Crippen molar-refractivity contribution in [3.63, 3.8) is 0 Å². The molecule has 5 heteroatoms. The fraction of sp³-hybridized carbons (Fsp3) is 0.318. The second-order valence-corrected chi connectivity index (χ2v) is 7.30. The molecule has 0 aliphatic carbocycles. The van der Waals surface area contributed by atoms with Gasteiger partial charge < -0.3 is 20.0 Å². The molecule has 4 rings (SSSR count). The van der Waals surface area contributed by atoms with Gasteiger partial charge in [-0.3, -0.25) is 4.98 Å². The van der Waals surface area contributed by atoms with Gasteiger partial charge in [0.2, 0.25) is 0 Å². The molecule has 3 aromatic rings. The van der Waals surface area contributed by atoms with Crippen LogP contribution in [0.25, 0.3) is 10.9 Å². The van der Waals surface area contributed by atoms with Gasteiger partial charge in [-0.2, -0.15) is 0 Å². The van der Waals surface area contributed by atoms with E-state index in [1.54, 1.807) is 6.20 Å². The van der Waals surface area contributed by atoms with Crippen LogP contribution in [0.5, 0.6) is 5.75 Å². The van der Waals surface area contributed by atoms with Gasteiger partial charge in [-0.05, 0) is 12.1 Å². The van der Waals surface area contributed by atoms with E-state index in [4.69, 9.17) is 0 Å². The Bertz CT molecular complexity index is 892. The molecule has 5 nitrogen and oxygen atoms in total. The van der Waals surface area contributed by atoms with Crippen LogP contribution < -0.4 is 9.80 Å². The molecule has 4 N–H and O–H groups in total. The Labute approximate surface area is 159 Å². The first-order valence-corrected chi connectivity index (χ1v) is 9.68. The van der Waals surface area contributed by atoms with Crippen molar-refractivity contribution < 1.29 is 20.0 Å². The molecule has 0 saturated carbocycles. The van der Waals surface area contributed by atoms with Crippen LogP contribution in [0.2, 0.25) is 0 Å². The Balaban J connectivity index is 1.73. The van der Waals surface area contributed by atoms with Crippen LogP contribution in [0.3, 0.4) is 0 Å². The maximum atomic E-state index is 11.0. The summed E-state index contributed by atoms with van der Waals surface area (Å²) in [5.74, 6) is 0.291. The molecule has 0 spiro atoms. The number of hydrogen-bond donors (Lipinski definition) is 4. The molecule has 0 unspecified atom stereocenters. The van der Waals surface area contributed by atoms with Crippen molar-refractivity contribution in [1.29, 1.82) is 0 Å². The quantitative estimate of drug-likeness (QED) is 0.507. The lowest BCUT2D eigenvalue weighted by Gasteiger charge is -2.35. The average Bonchev–Trinajstić information content (AvgIpc) is 2.72. The maximum Gasteiger partial charge on any atom is 0.151 e. The molecule has 0 amide bonds. The van der Waals surface area contributed by atoms with Crippen LogP contribution in [-0.2, 0) is 0 Å². The number of fused-ring (bicyclic) bond motifs is 1. The number of pyridine rings is 1. The maximum absolute atomic E-state index is 11.0. The summed E-state index contributed by atoms with van der Waals surface area (Å²) < 4.78 is 0. The number of benzene rings is 2. The van der Waals surface area contributed by atoms with E-state index in [0.717, 1.165) is 43.7 Å². The predicted molar refractivity (Wildman–Crippen MR) is 105 cm³/mol. The summed E-state index contributed by atoms with van der Waals surface area (Å²) in [6.07, 6.45) is 1.73. The fourth-order valence-corrected chi connectivity index (χ4v) is 4.28. The third-order valence-corrected chi connectivity index (χ3v) is 5.70. The molecule has 1 aliphatic heterocycles. The predicted octanol–water partition coefficient (Wildman–Crippen LogP) is -0.194. The molecule has 0 bridgehead atoms. The number of nitrogens with zero attached hydrogens (tertiary/aromatic N) is 1. The van der Waals surface area contributed by atoms with Crippen LogP contribution in [0.15, 0.2) is 60.8 Å². The molecular formula is C22H27N3O2+2. The van der Waals surface area contributed by atoms with Gasteiger partial charge in [-0.1, -0.05) is 42.5 Å². The highest BCUT2D eigenvalue weighted by molar-refractivity contribution is 5.85. The van der Waals surface area contributed by atoms with Crippen molar-refractivity contribution in [3.8, 4) is 5.75 Å². The largest absolute Gasteiger partial charge is 0.505 e. The number of aromatic nitrogens is 1. The molecule has 1 aromatic heterocycles. The summed E-state index contributed by atoms with van der Waals surface area (Å²) >= 11 is 0. The van der Waals surface area contributed by atoms with E-state index in [9.17, 15) is 10.2 Å². The van der Waals surface area contributed by atoms with E-state index in [1.807, 2.05) is 18.2 Å². The van der Waals surface area contributed by atoms with Gasteiger partial charge in [0.15, 0.2) is 5.75 Å². The number of aliphatic hydroxyl groups excluding tert-OH is 1. The van der Waals surface area contributed by atoms with Gasteiger partial charge in [0.25, 0.3) is 0 Å². The minimum atomic E-state index is 0.0771. The SMILES string of the molecule is OCC[NH+]1CC[NH+]([C@H](c2ccccc2)c2ccc3cccnc3c2O)CC1. The highest BCUT2D eigenvalue weighted by Crippen LogP contribution is 2.32. The van der Waals surface area contributed by atoms with E-state index < -0.39 is 0 Å². The molecule has 0 radical (unpaired) electrons. The first kappa shape index (κ1) is 17.9. The van der Waals surface area contributed by atoms with Gasteiger partial charge in [-0.25, -0.2) is 0 Å². The molecular weight excluding hydrogens is 338 g/mol. The monoisotopic (exact) mass is 365 g/mol. The molecule has 1 atom stereocenters. The summed E-state index contributed by atoms with van der Waals surface area (Å²) in [6, 6.07) is 18.5. The number of piperazine rings is 1. The van der Waals surface area contributed by atoms with Crippen LogP contribution in [0.1, 0.15) is 17.2 Å². The molecule has 140 valence electrons. The minimum absolute atomic E-state index is 0.0771. The lowest BCUT2D eigenvalue weighted by atomic mass is 9.94. The number of rotatable bonds is 5. The van der Waals surface area contributed by atoms with E-state index in [1.165, 1.54) is 15.4 Å². The Kier molecular flexibility index (Phi) is 5.34. The van der Waals surface area contributed by atoms with Crippen molar-refractivity contribution in [2.75, 3.05) is 39.3 Å². The second kappa shape index (κ2) is 8.05. The van der Waals surface area contributed by atoms with Gasteiger partial charge in [0.05, 0.1) is 12.2 Å². The molecule has 1 saturated heterocycles. The number of phenols is 1. The molecule has 1 aliphatic rings. The lowest BCUT2D eigenvalue weighted by molar-refractivity contribution is -1.02. The van der Waals surface area contributed by atoms with Crippen molar-refractivity contribution >= 4 is 10.9 Å². The Morgan fingerprint density at radius 1 is 0.926 bits per heavy atom. The second-order valence-electron chi connectivity index (χ2n) is 7.30. The van der Waals surface area contributed by atoms with E-state index in [2.05, 4.69) is 41.4 Å². The third-order valence-electron chi connectivity index (χ3n) is 5.70. The zero-order valence-corrected chi connectivity index (χ0v) is 15.4. The summed E-state index contributed by atoms with van der Waals surface area (Å²) in [4.78, 5) is 7.32. The summed E-state index contributed by atoms with van der Waals surface area (Å²) in [7, 11) is 0. The molecule has 27 heavy (non-hydrogen) atoms. The van der Waals surface area contributed by atoms with Crippen molar-refractivity contribution in [2.24, 2.45) is 0 Å². The zero-order chi connectivity index (χ0) is 18.6. The first-order chi connectivity index (χ1) is 13.3. The Hall–Kier alpha value is -2.47. The zero-order valence-electron chi connectivity index (χ0n) is 15.4. The average molecular weight is 365 g/mol. The number of quaternary nitrogens is 2.